The first-order chi connectivity index (χ1) is 8.20. The van der Waals surface area contributed by atoms with Gasteiger partial charge in [-0.25, -0.2) is 0 Å². The zero-order chi connectivity index (χ0) is 12.3. The van der Waals surface area contributed by atoms with Crippen LogP contribution < -0.4 is 4.74 Å². The first-order valence-electron chi connectivity index (χ1n) is 6.35. The van der Waals surface area contributed by atoms with E-state index in [1.165, 1.54) is 25.7 Å². The van der Waals surface area contributed by atoms with Gasteiger partial charge < -0.3 is 4.74 Å². The number of nitrogens with zero attached hydrogens (tertiary/aromatic N) is 1. The molecule has 2 nitrogen and oxygen atoms in total. The van der Waals surface area contributed by atoms with E-state index in [4.69, 9.17) is 10.00 Å². The normalized spacial score (nSPS) is 15.8. The van der Waals surface area contributed by atoms with Gasteiger partial charge in [-0.1, -0.05) is 18.9 Å². The summed E-state index contributed by atoms with van der Waals surface area (Å²) in [7, 11) is 0. The summed E-state index contributed by atoms with van der Waals surface area (Å²) in [5.41, 5.74) is 2.85. The van der Waals surface area contributed by atoms with Gasteiger partial charge in [0, 0.05) is 0 Å². The molecular weight excluding hydrogens is 210 g/mol. The fourth-order valence-corrected chi connectivity index (χ4v) is 2.57. The van der Waals surface area contributed by atoms with Crippen LogP contribution in [0.3, 0.4) is 0 Å². The number of rotatable bonds is 3. The van der Waals surface area contributed by atoms with Crippen LogP contribution in [0, 0.1) is 31.1 Å². The highest BCUT2D eigenvalue weighted by molar-refractivity contribution is 5.50. The van der Waals surface area contributed by atoms with Gasteiger partial charge >= 0.3 is 0 Å². The molecule has 1 saturated carbocycles. The van der Waals surface area contributed by atoms with Gasteiger partial charge in [-0.15, -0.1) is 0 Å². The molecule has 0 atom stereocenters. The molecule has 0 N–H and O–H groups in total. The van der Waals surface area contributed by atoms with E-state index in [2.05, 4.69) is 6.07 Å². The number of benzene rings is 1. The van der Waals surface area contributed by atoms with Crippen molar-refractivity contribution in [1.82, 2.24) is 0 Å². The third kappa shape index (κ3) is 2.79. The van der Waals surface area contributed by atoms with Crippen LogP contribution in [0.4, 0.5) is 0 Å². The third-order valence-electron chi connectivity index (χ3n) is 3.50. The SMILES string of the molecule is Cc1cc(C)c(C#N)c(OCC2CCCC2)c1. The van der Waals surface area contributed by atoms with Gasteiger partial charge in [-0.05, 0) is 49.8 Å². The molecule has 90 valence electrons. The summed E-state index contributed by atoms with van der Waals surface area (Å²) in [5, 5.41) is 9.15. The van der Waals surface area contributed by atoms with E-state index in [-0.39, 0.29) is 0 Å². The van der Waals surface area contributed by atoms with Gasteiger partial charge in [0.25, 0.3) is 0 Å². The first-order valence-corrected chi connectivity index (χ1v) is 6.35. The molecule has 0 aromatic heterocycles. The maximum Gasteiger partial charge on any atom is 0.137 e. The Labute approximate surface area is 103 Å². The van der Waals surface area contributed by atoms with E-state index in [9.17, 15) is 0 Å². The summed E-state index contributed by atoms with van der Waals surface area (Å²) in [6, 6.07) is 6.24. The minimum Gasteiger partial charge on any atom is -0.492 e. The summed E-state index contributed by atoms with van der Waals surface area (Å²) in [5.74, 6) is 1.44. The van der Waals surface area contributed by atoms with Crippen molar-refractivity contribution in [2.45, 2.75) is 39.5 Å². The van der Waals surface area contributed by atoms with Crippen LogP contribution in [0.2, 0.25) is 0 Å². The lowest BCUT2D eigenvalue weighted by Crippen LogP contribution is -2.09. The Kier molecular flexibility index (Phi) is 3.68. The van der Waals surface area contributed by atoms with Crippen LogP contribution in [0.5, 0.6) is 5.75 Å². The summed E-state index contributed by atoms with van der Waals surface area (Å²) in [6.45, 7) is 4.77. The highest BCUT2D eigenvalue weighted by Gasteiger charge is 2.16. The van der Waals surface area contributed by atoms with Gasteiger partial charge in [-0.3, -0.25) is 0 Å². The van der Waals surface area contributed by atoms with Crippen LogP contribution >= 0.6 is 0 Å². The Morgan fingerprint density at radius 2 is 2.00 bits per heavy atom. The van der Waals surface area contributed by atoms with Crippen molar-refractivity contribution < 1.29 is 4.74 Å². The Hall–Kier alpha value is -1.49. The van der Waals surface area contributed by atoms with E-state index < -0.39 is 0 Å². The highest BCUT2D eigenvalue weighted by Crippen LogP contribution is 2.28. The molecule has 0 spiro atoms. The molecule has 0 heterocycles. The number of hydrogen-bond acceptors (Lipinski definition) is 2. The molecule has 0 radical (unpaired) electrons. The average molecular weight is 229 g/mol. The summed E-state index contributed by atoms with van der Waals surface area (Å²) in [6.07, 6.45) is 5.19. The van der Waals surface area contributed by atoms with E-state index in [0.717, 1.165) is 23.5 Å². The molecule has 2 heteroatoms. The molecule has 1 aliphatic rings. The van der Waals surface area contributed by atoms with Crippen LogP contribution in [-0.2, 0) is 0 Å². The summed E-state index contributed by atoms with van der Waals surface area (Å²) >= 11 is 0. The standard InChI is InChI=1S/C15H19NO/c1-11-7-12(2)14(9-16)15(8-11)17-10-13-5-3-4-6-13/h7-8,13H,3-6,10H2,1-2H3. The van der Waals surface area contributed by atoms with Crippen molar-refractivity contribution in [2.75, 3.05) is 6.61 Å². The van der Waals surface area contributed by atoms with Crippen LogP contribution in [-0.4, -0.2) is 6.61 Å². The zero-order valence-electron chi connectivity index (χ0n) is 10.6. The fourth-order valence-electron chi connectivity index (χ4n) is 2.57. The maximum atomic E-state index is 9.15. The van der Waals surface area contributed by atoms with Crippen molar-refractivity contribution in [2.24, 2.45) is 5.92 Å². The van der Waals surface area contributed by atoms with E-state index >= 15 is 0 Å². The molecule has 1 fully saturated rings. The molecule has 1 aromatic carbocycles. The highest BCUT2D eigenvalue weighted by atomic mass is 16.5. The van der Waals surface area contributed by atoms with Crippen LogP contribution in [0.1, 0.15) is 42.4 Å². The smallest absolute Gasteiger partial charge is 0.137 e. The maximum absolute atomic E-state index is 9.15. The summed E-state index contributed by atoms with van der Waals surface area (Å²) < 4.78 is 5.85. The van der Waals surface area contributed by atoms with Crippen molar-refractivity contribution in [1.29, 1.82) is 5.26 Å². The molecule has 17 heavy (non-hydrogen) atoms. The van der Waals surface area contributed by atoms with Gasteiger partial charge in [0.15, 0.2) is 0 Å². The molecule has 0 amide bonds. The molecule has 0 aliphatic heterocycles. The second kappa shape index (κ2) is 5.23. The van der Waals surface area contributed by atoms with Crippen molar-refractivity contribution in [3.05, 3.63) is 28.8 Å². The molecular formula is C15H19NO. The molecule has 1 aromatic rings. The quantitative estimate of drug-likeness (QED) is 0.791. The van der Waals surface area contributed by atoms with Gasteiger partial charge in [0.05, 0.1) is 12.2 Å². The van der Waals surface area contributed by atoms with Crippen molar-refractivity contribution >= 4 is 0 Å². The molecule has 1 aliphatic carbocycles. The zero-order valence-corrected chi connectivity index (χ0v) is 10.6. The van der Waals surface area contributed by atoms with E-state index in [1.807, 2.05) is 26.0 Å². The first kappa shape index (κ1) is 12.0. The molecule has 0 bridgehead atoms. The Bertz CT molecular complexity index is 439. The van der Waals surface area contributed by atoms with Gasteiger partial charge in [-0.2, -0.15) is 5.26 Å². The lowest BCUT2D eigenvalue weighted by atomic mass is 10.1. The van der Waals surface area contributed by atoms with Crippen LogP contribution in [0.15, 0.2) is 12.1 Å². The minimum atomic E-state index is 0.683. The predicted octanol–water partition coefficient (Wildman–Crippen LogP) is 3.74. The molecule has 0 unspecified atom stereocenters. The Balaban J connectivity index is 2.11. The number of ether oxygens (including phenoxy) is 1. The van der Waals surface area contributed by atoms with Crippen LogP contribution in [0.25, 0.3) is 0 Å². The predicted molar refractivity (Wildman–Crippen MR) is 68.1 cm³/mol. The largest absolute Gasteiger partial charge is 0.492 e. The van der Waals surface area contributed by atoms with E-state index in [1.54, 1.807) is 0 Å². The second-order valence-corrected chi connectivity index (χ2v) is 5.03. The Morgan fingerprint density at radius 1 is 1.29 bits per heavy atom. The van der Waals surface area contributed by atoms with Gasteiger partial charge in [0.2, 0.25) is 0 Å². The number of aryl methyl sites for hydroxylation is 2. The fraction of sp³-hybridized carbons (Fsp3) is 0.533. The van der Waals surface area contributed by atoms with Crippen molar-refractivity contribution in [3.63, 3.8) is 0 Å². The third-order valence-corrected chi connectivity index (χ3v) is 3.50. The molecule has 0 saturated heterocycles. The number of hydrogen-bond donors (Lipinski definition) is 0. The average Bonchev–Trinajstić information content (AvgIpc) is 2.78. The Morgan fingerprint density at radius 3 is 2.65 bits per heavy atom. The van der Waals surface area contributed by atoms with E-state index in [0.29, 0.717) is 11.5 Å². The lowest BCUT2D eigenvalue weighted by molar-refractivity contribution is 0.251. The molecule has 2 rings (SSSR count). The van der Waals surface area contributed by atoms with Crippen molar-refractivity contribution in [3.8, 4) is 11.8 Å². The van der Waals surface area contributed by atoms with Gasteiger partial charge in [0.1, 0.15) is 11.8 Å². The monoisotopic (exact) mass is 229 g/mol. The number of nitriles is 1. The topological polar surface area (TPSA) is 33.0 Å². The summed E-state index contributed by atoms with van der Waals surface area (Å²) in [4.78, 5) is 0. The lowest BCUT2D eigenvalue weighted by Gasteiger charge is -2.14. The minimum absolute atomic E-state index is 0.683. The second-order valence-electron chi connectivity index (χ2n) is 5.03.